The van der Waals surface area contributed by atoms with Crippen molar-refractivity contribution in [2.24, 2.45) is 5.41 Å². The number of ether oxygens (including phenoxy) is 3. The normalized spacial score (nSPS) is 25.2. The number of esters is 1. The molecule has 0 bridgehead atoms. The summed E-state index contributed by atoms with van der Waals surface area (Å²) in [6.07, 6.45) is 0.242. The van der Waals surface area contributed by atoms with Gasteiger partial charge in [0.05, 0.1) is 26.7 Å². The van der Waals surface area contributed by atoms with Crippen molar-refractivity contribution in [1.82, 2.24) is 29.7 Å². The van der Waals surface area contributed by atoms with Crippen LogP contribution in [0.25, 0.3) is 11.2 Å². The van der Waals surface area contributed by atoms with E-state index < -0.39 is 43.7 Å². The fourth-order valence-corrected chi connectivity index (χ4v) is 5.91. The molecule has 0 aliphatic carbocycles. The van der Waals surface area contributed by atoms with Crippen molar-refractivity contribution in [3.8, 4) is 5.88 Å². The van der Waals surface area contributed by atoms with E-state index in [1.807, 2.05) is 27.7 Å². The molecule has 41 heavy (non-hydrogen) atoms. The summed E-state index contributed by atoms with van der Waals surface area (Å²) in [5, 5.41) is 27.9. The van der Waals surface area contributed by atoms with Gasteiger partial charge in [-0.2, -0.15) is 9.97 Å². The van der Waals surface area contributed by atoms with Crippen molar-refractivity contribution >= 4 is 30.8 Å². The van der Waals surface area contributed by atoms with Crippen LogP contribution >= 0.6 is 7.67 Å². The minimum atomic E-state index is -3.84. The number of hydrogen-bond donors (Lipinski definition) is 5. The first-order chi connectivity index (χ1) is 19.1. The molecule has 0 saturated carbocycles. The van der Waals surface area contributed by atoms with Crippen LogP contribution in [0.15, 0.2) is 6.33 Å². The van der Waals surface area contributed by atoms with E-state index in [9.17, 15) is 19.6 Å². The van der Waals surface area contributed by atoms with E-state index in [-0.39, 0.29) is 41.6 Å². The molecule has 0 amide bonds. The second kappa shape index (κ2) is 13.3. The summed E-state index contributed by atoms with van der Waals surface area (Å²) in [4.78, 5) is 25.0. The molecular formula is C25H44N7O8P. The zero-order chi connectivity index (χ0) is 30.6. The molecule has 0 radical (unpaired) electrons. The highest BCUT2D eigenvalue weighted by molar-refractivity contribution is 7.54. The number of rotatable bonds is 14. The minimum absolute atomic E-state index is 0.0783. The third-order valence-corrected chi connectivity index (χ3v) is 8.37. The van der Waals surface area contributed by atoms with Gasteiger partial charge in [0.2, 0.25) is 11.8 Å². The van der Waals surface area contributed by atoms with Crippen LogP contribution in [0, 0.1) is 5.41 Å². The number of aliphatic hydroxyl groups is 2. The lowest BCUT2D eigenvalue weighted by Gasteiger charge is -2.27. The van der Waals surface area contributed by atoms with E-state index in [0.717, 1.165) is 19.3 Å². The molecule has 1 fully saturated rings. The Balaban J connectivity index is 1.76. The SMILES string of the molecule is CCCCCNP(=O)(N[C@@H](C)C(=O)OCC(C)(C)C)OC[C@H]1O[C@@H](n2cnc3c(OC)nc(N)nc32)[C@](C)(O)[C@@H]1O. The van der Waals surface area contributed by atoms with Gasteiger partial charge in [0.1, 0.15) is 23.9 Å². The Morgan fingerprint density at radius 1 is 1.34 bits per heavy atom. The standard InChI is InChI=1S/C25H44N7O8P/c1-8-9-10-11-28-41(36,31-15(2)21(34)38-13-24(3,4)5)39-12-16-18(33)25(6,35)22(40-16)32-14-27-17-19(32)29-23(26)30-20(17)37-7/h14-16,18,22,33,35H,8-13H2,1-7H3,(H2,26,29,30)(H2,28,31,36)/t15-,16+,18+,22+,25+,41?/m0/s1. The van der Waals surface area contributed by atoms with Crippen molar-refractivity contribution < 1.29 is 38.3 Å². The number of unbranched alkanes of at least 4 members (excludes halogenated alkanes) is 2. The quantitative estimate of drug-likeness (QED) is 0.119. The Morgan fingerprint density at radius 3 is 2.68 bits per heavy atom. The van der Waals surface area contributed by atoms with E-state index in [1.165, 1.54) is 31.9 Å². The third-order valence-electron chi connectivity index (χ3n) is 6.49. The maximum atomic E-state index is 13.8. The number of nitrogens with two attached hydrogens (primary N) is 1. The molecule has 1 aliphatic heterocycles. The third kappa shape index (κ3) is 8.13. The van der Waals surface area contributed by atoms with Crippen LogP contribution in [0.2, 0.25) is 0 Å². The summed E-state index contributed by atoms with van der Waals surface area (Å²) in [6.45, 7) is 10.9. The summed E-state index contributed by atoms with van der Waals surface area (Å²) in [6, 6.07) is -0.954. The fraction of sp³-hybridized carbons (Fsp3) is 0.760. The highest BCUT2D eigenvalue weighted by Gasteiger charge is 2.54. The number of nitrogens with zero attached hydrogens (tertiary/aromatic N) is 4. The predicted octanol–water partition coefficient (Wildman–Crippen LogP) is 1.90. The lowest BCUT2D eigenvalue weighted by molar-refractivity contribution is -0.148. The minimum Gasteiger partial charge on any atom is -0.479 e. The molecule has 6 N–H and O–H groups in total. The Kier molecular flexibility index (Phi) is 10.7. The summed E-state index contributed by atoms with van der Waals surface area (Å²) in [7, 11) is -2.43. The van der Waals surface area contributed by atoms with Crippen LogP contribution in [0.3, 0.4) is 0 Å². The first-order valence-electron chi connectivity index (χ1n) is 13.7. The molecule has 16 heteroatoms. The zero-order valence-electron chi connectivity index (χ0n) is 24.8. The molecule has 1 aliphatic rings. The van der Waals surface area contributed by atoms with Crippen molar-refractivity contribution in [2.75, 3.05) is 32.6 Å². The second-order valence-corrected chi connectivity index (χ2v) is 13.5. The van der Waals surface area contributed by atoms with Gasteiger partial charge >= 0.3 is 13.6 Å². The number of methoxy groups -OCH3 is 1. The van der Waals surface area contributed by atoms with Gasteiger partial charge < -0.3 is 34.7 Å². The number of hydrogen-bond acceptors (Lipinski definition) is 12. The summed E-state index contributed by atoms with van der Waals surface area (Å²) in [5.74, 6) is -0.519. The van der Waals surface area contributed by atoms with Crippen molar-refractivity contribution in [3.63, 3.8) is 0 Å². The summed E-state index contributed by atoms with van der Waals surface area (Å²) >= 11 is 0. The molecule has 1 unspecified atom stereocenters. The van der Waals surface area contributed by atoms with Gasteiger partial charge in [-0.15, -0.1) is 0 Å². The first kappa shape index (κ1) is 33.1. The lowest BCUT2D eigenvalue weighted by atomic mass is 9.96. The number of aromatic nitrogens is 4. The summed E-state index contributed by atoms with van der Waals surface area (Å²) in [5.41, 5.74) is 4.25. The van der Waals surface area contributed by atoms with Gasteiger partial charge in [-0.05, 0) is 25.7 Å². The van der Waals surface area contributed by atoms with Crippen molar-refractivity contribution in [2.45, 2.75) is 90.9 Å². The number of imidazole rings is 1. The predicted molar refractivity (Wildman–Crippen MR) is 151 cm³/mol. The molecule has 6 atom stereocenters. The Hall–Kier alpha value is -2.39. The Bertz CT molecular complexity index is 1230. The highest BCUT2D eigenvalue weighted by atomic mass is 31.2. The Labute approximate surface area is 240 Å². The fourth-order valence-electron chi connectivity index (χ4n) is 4.23. The smallest absolute Gasteiger partial charge is 0.341 e. The van der Waals surface area contributed by atoms with Gasteiger partial charge in [0.25, 0.3) is 0 Å². The van der Waals surface area contributed by atoms with E-state index in [2.05, 4.69) is 25.1 Å². The highest BCUT2D eigenvalue weighted by Crippen LogP contribution is 2.44. The van der Waals surface area contributed by atoms with Crippen molar-refractivity contribution in [3.05, 3.63) is 6.33 Å². The topological polar surface area (TPSA) is 205 Å². The van der Waals surface area contributed by atoms with Crippen LogP contribution in [0.4, 0.5) is 5.95 Å². The number of anilines is 1. The number of fused-ring (bicyclic) bond motifs is 1. The van der Waals surface area contributed by atoms with Gasteiger partial charge in [-0.3, -0.25) is 13.9 Å². The number of aliphatic hydroxyl groups excluding tert-OH is 1. The summed E-state index contributed by atoms with van der Waals surface area (Å²) < 4.78 is 37.6. The molecule has 2 aromatic rings. The number of nitrogen functional groups attached to an aromatic ring is 1. The van der Waals surface area contributed by atoms with Crippen LogP contribution in [-0.2, 0) is 23.4 Å². The number of nitrogens with one attached hydrogen (secondary N) is 2. The van der Waals surface area contributed by atoms with Crippen LogP contribution in [0.5, 0.6) is 5.88 Å². The van der Waals surface area contributed by atoms with Gasteiger partial charge in [-0.25, -0.2) is 15.2 Å². The van der Waals surface area contributed by atoms with E-state index in [4.69, 9.17) is 24.5 Å². The van der Waals surface area contributed by atoms with Gasteiger partial charge in [-0.1, -0.05) is 40.5 Å². The molecule has 15 nitrogen and oxygen atoms in total. The average molecular weight is 602 g/mol. The van der Waals surface area contributed by atoms with Crippen molar-refractivity contribution in [1.29, 1.82) is 0 Å². The average Bonchev–Trinajstić information content (AvgIpc) is 3.40. The van der Waals surface area contributed by atoms with E-state index in [1.54, 1.807) is 0 Å². The molecule has 1 saturated heterocycles. The molecular weight excluding hydrogens is 557 g/mol. The number of carbonyl (C=O) groups excluding carboxylic acids is 1. The number of carbonyl (C=O) groups is 1. The van der Waals surface area contributed by atoms with Gasteiger partial charge in [0.15, 0.2) is 17.4 Å². The monoisotopic (exact) mass is 601 g/mol. The molecule has 0 spiro atoms. The lowest BCUT2D eigenvalue weighted by Crippen LogP contribution is -2.45. The Morgan fingerprint density at radius 2 is 2.05 bits per heavy atom. The molecule has 0 aromatic carbocycles. The largest absolute Gasteiger partial charge is 0.479 e. The first-order valence-corrected chi connectivity index (χ1v) is 15.3. The maximum absolute atomic E-state index is 13.8. The second-order valence-electron chi connectivity index (χ2n) is 11.6. The van der Waals surface area contributed by atoms with Crippen LogP contribution < -0.4 is 20.6 Å². The molecule has 232 valence electrons. The zero-order valence-corrected chi connectivity index (χ0v) is 25.7. The molecule has 3 heterocycles. The van der Waals surface area contributed by atoms with E-state index >= 15 is 0 Å². The molecule has 3 rings (SSSR count). The maximum Gasteiger partial charge on any atom is 0.341 e. The molecule has 2 aromatic heterocycles. The van der Waals surface area contributed by atoms with Gasteiger partial charge in [0, 0.05) is 6.54 Å². The van der Waals surface area contributed by atoms with Crippen LogP contribution in [0.1, 0.15) is 67.0 Å². The van der Waals surface area contributed by atoms with E-state index in [0.29, 0.717) is 6.54 Å². The van der Waals surface area contributed by atoms with Crippen LogP contribution in [-0.4, -0.2) is 86.4 Å².